The average molecular weight is 197 g/mol. The molecule has 0 aromatic heterocycles. The molecular formula is C9H11NO4. The number of phenols is 1. The Morgan fingerprint density at radius 2 is 2.29 bits per heavy atom. The standard InChI is InChI=1S/C9H11NO4/c1-14-5-6-4-7(10-9(12)13)2-3-8(6)11/h2-4,10-11H,5H2,1H3,(H,12,13). The SMILES string of the molecule is COCc1cc(NC(=O)O)ccc1O. The summed E-state index contributed by atoms with van der Waals surface area (Å²) in [5.74, 6) is 0.0859. The number of methoxy groups -OCH3 is 1. The molecule has 0 radical (unpaired) electrons. The molecule has 0 fully saturated rings. The largest absolute Gasteiger partial charge is 0.508 e. The van der Waals surface area contributed by atoms with Gasteiger partial charge in [0.1, 0.15) is 5.75 Å². The molecule has 0 bridgehead atoms. The summed E-state index contributed by atoms with van der Waals surface area (Å²) in [6, 6.07) is 4.41. The molecule has 1 rings (SSSR count). The first-order valence-corrected chi connectivity index (χ1v) is 3.94. The fourth-order valence-corrected chi connectivity index (χ4v) is 1.06. The van der Waals surface area contributed by atoms with Crippen molar-refractivity contribution in [2.45, 2.75) is 6.61 Å². The van der Waals surface area contributed by atoms with Gasteiger partial charge in [0, 0.05) is 18.4 Å². The van der Waals surface area contributed by atoms with Crippen molar-refractivity contribution in [1.82, 2.24) is 0 Å². The molecule has 14 heavy (non-hydrogen) atoms. The summed E-state index contributed by atoms with van der Waals surface area (Å²) in [7, 11) is 1.50. The zero-order valence-electron chi connectivity index (χ0n) is 7.65. The molecule has 0 saturated carbocycles. The van der Waals surface area contributed by atoms with Crippen molar-refractivity contribution in [2.24, 2.45) is 0 Å². The Morgan fingerprint density at radius 3 is 2.86 bits per heavy atom. The maximum absolute atomic E-state index is 10.3. The first kappa shape index (κ1) is 10.3. The van der Waals surface area contributed by atoms with Crippen LogP contribution in [0.4, 0.5) is 10.5 Å². The van der Waals surface area contributed by atoms with Crippen LogP contribution in [0.5, 0.6) is 5.75 Å². The molecule has 0 aliphatic heterocycles. The van der Waals surface area contributed by atoms with Gasteiger partial charge in [-0.15, -0.1) is 0 Å². The third-order valence-corrected chi connectivity index (χ3v) is 1.63. The first-order chi connectivity index (χ1) is 6.63. The predicted molar refractivity (Wildman–Crippen MR) is 50.5 cm³/mol. The van der Waals surface area contributed by atoms with Gasteiger partial charge in [-0.3, -0.25) is 5.32 Å². The van der Waals surface area contributed by atoms with E-state index in [9.17, 15) is 9.90 Å². The number of hydrogen-bond acceptors (Lipinski definition) is 3. The van der Waals surface area contributed by atoms with Gasteiger partial charge in [-0.2, -0.15) is 0 Å². The summed E-state index contributed by atoms with van der Waals surface area (Å²) >= 11 is 0. The fourth-order valence-electron chi connectivity index (χ4n) is 1.06. The first-order valence-electron chi connectivity index (χ1n) is 3.94. The Kier molecular flexibility index (Phi) is 3.30. The number of ether oxygens (including phenoxy) is 1. The van der Waals surface area contributed by atoms with Gasteiger partial charge < -0.3 is 14.9 Å². The van der Waals surface area contributed by atoms with Gasteiger partial charge in [-0.1, -0.05) is 0 Å². The Labute approximate surface area is 80.9 Å². The lowest BCUT2D eigenvalue weighted by molar-refractivity contribution is 0.182. The van der Waals surface area contributed by atoms with Crippen LogP contribution < -0.4 is 5.32 Å². The molecule has 1 aromatic rings. The van der Waals surface area contributed by atoms with Crippen LogP contribution in [-0.4, -0.2) is 23.4 Å². The third kappa shape index (κ3) is 2.63. The van der Waals surface area contributed by atoms with Crippen molar-refractivity contribution in [3.63, 3.8) is 0 Å². The number of amides is 1. The van der Waals surface area contributed by atoms with Crippen LogP contribution in [0, 0.1) is 0 Å². The Bertz CT molecular complexity index is 338. The van der Waals surface area contributed by atoms with Crippen LogP contribution in [0.15, 0.2) is 18.2 Å². The minimum Gasteiger partial charge on any atom is -0.508 e. The molecule has 0 atom stereocenters. The number of anilines is 1. The minimum atomic E-state index is -1.14. The number of aromatic hydroxyl groups is 1. The van der Waals surface area contributed by atoms with Crippen LogP contribution in [0.1, 0.15) is 5.56 Å². The number of carbonyl (C=O) groups is 1. The molecule has 0 saturated heterocycles. The molecule has 1 amide bonds. The highest BCUT2D eigenvalue weighted by molar-refractivity contribution is 5.83. The fraction of sp³-hybridized carbons (Fsp3) is 0.222. The molecule has 0 aliphatic carbocycles. The van der Waals surface area contributed by atoms with E-state index in [-0.39, 0.29) is 12.4 Å². The van der Waals surface area contributed by atoms with E-state index in [0.717, 1.165) is 0 Å². The summed E-state index contributed by atoms with van der Waals surface area (Å²) in [5.41, 5.74) is 0.945. The van der Waals surface area contributed by atoms with Gasteiger partial charge in [0.25, 0.3) is 0 Å². The average Bonchev–Trinajstić information content (AvgIpc) is 2.10. The predicted octanol–water partition coefficient (Wildman–Crippen LogP) is 1.63. The molecule has 5 heteroatoms. The van der Waals surface area contributed by atoms with E-state index >= 15 is 0 Å². The zero-order chi connectivity index (χ0) is 10.6. The highest BCUT2D eigenvalue weighted by Gasteiger charge is 2.04. The van der Waals surface area contributed by atoms with Crippen LogP contribution in [0.2, 0.25) is 0 Å². The summed E-state index contributed by atoms with van der Waals surface area (Å²) in [6.07, 6.45) is -1.14. The maximum atomic E-state index is 10.3. The van der Waals surface area contributed by atoms with Crippen molar-refractivity contribution in [1.29, 1.82) is 0 Å². The monoisotopic (exact) mass is 197 g/mol. The van der Waals surface area contributed by atoms with Crippen molar-refractivity contribution in [3.05, 3.63) is 23.8 Å². The minimum absolute atomic E-state index is 0.0859. The van der Waals surface area contributed by atoms with Crippen LogP contribution in [0.25, 0.3) is 0 Å². The quantitative estimate of drug-likeness (QED) is 0.643. The number of carboxylic acid groups (broad SMARTS) is 1. The number of rotatable bonds is 3. The second kappa shape index (κ2) is 4.48. The van der Waals surface area contributed by atoms with Crippen molar-refractivity contribution < 1.29 is 19.7 Å². The van der Waals surface area contributed by atoms with Crippen LogP contribution >= 0.6 is 0 Å². The van der Waals surface area contributed by atoms with Gasteiger partial charge in [-0.25, -0.2) is 4.79 Å². The Morgan fingerprint density at radius 1 is 1.57 bits per heavy atom. The smallest absolute Gasteiger partial charge is 0.409 e. The van der Waals surface area contributed by atoms with Gasteiger partial charge in [0.05, 0.1) is 6.61 Å². The number of nitrogens with one attached hydrogen (secondary N) is 1. The Hall–Kier alpha value is -1.75. The number of benzene rings is 1. The van der Waals surface area contributed by atoms with Gasteiger partial charge in [0.2, 0.25) is 0 Å². The molecule has 3 N–H and O–H groups in total. The van der Waals surface area contributed by atoms with Crippen molar-refractivity contribution in [2.75, 3.05) is 12.4 Å². The lowest BCUT2D eigenvalue weighted by Gasteiger charge is -2.06. The summed E-state index contributed by atoms with van der Waals surface area (Å²) in [6.45, 7) is 0.237. The molecule has 0 aliphatic rings. The molecule has 0 spiro atoms. The topological polar surface area (TPSA) is 78.8 Å². The molecule has 0 unspecified atom stereocenters. The van der Waals surface area contributed by atoms with E-state index in [1.54, 1.807) is 0 Å². The van der Waals surface area contributed by atoms with Crippen molar-refractivity contribution in [3.8, 4) is 5.75 Å². The number of phenolic OH excluding ortho intramolecular Hbond substituents is 1. The van der Waals surface area contributed by atoms with E-state index in [2.05, 4.69) is 5.32 Å². The van der Waals surface area contributed by atoms with Crippen LogP contribution in [0.3, 0.4) is 0 Å². The number of hydrogen-bond donors (Lipinski definition) is 3. The molecule has 5 nitrogen and oxygen atoms in total. The molecule has 0 heterocycles. The van der Waals surface area contributed by atoms with E-state index < -0.39 is 6.09 Å². The molecule has 76 valence electrons. The second-order valence-corrected chi connectivity index (χ2v) is 2.71. The lowest BCUT2D eigenvalue weighted by atomic mass is 10.2. The van der Waals surface area contributed by atoms with E-state index in [1.165, 1.54) is 25.3 Å². The summed E-state index contributed by atoms with van der Waals surface area (Å²) in [5, 5.41) is 20.0. The summed E-state index contributed by atoms with van der Waals surface area (Å²) < 4.78 is 4.83. The molecule has 1 aromatic carbocycles. The highest BCUT2D eigenvalue weighted by atomic mass is 16.5. The van der Waals surface area contributed by atoms with Crippen molar-refractivity contribution >= 4 is 11.8 Å². The normalized spacial score (nSPS) is 9.79. The van der Waals surface area contributed by atoms with E-state index in [0.29, 0.717) is 11.3 Å². The maximum Gasteiger partial charge on any atom is 0.409 e. The molecular weight excluding hydrogens is 186 g/mol. The van der Waals surface area contributed by atoms with Gasteiger partial charge in [0.15, 0.2) is 0 Å². The van der Waals surface area contributed by atoms with Crippen LogP contribution in [-0.2, 0) is 11.3 Å². The zero-order valence-corrected chi connectivity index (χ0v) is 7.65. The second-order valence-electron chi connectivity index (χ2n) is 2.71. The van der Waals surface area contributed by atoms with Gasteiger partial charge in [-0.05, 0) is 18.2 Å². The van der Waals surface area contributed by atoms with E-state index in [1.807, 2.05) is 0 Å². The highest BCUT2D eigenvalue weighted by Crippen LogP contribution is 2.21. The van der Waals surface area contributed by atoms with E-state index in [4.69, 9.17) is 9.84 Å². The lowest BCUT2D eigenvalue weighted by Crippen LogP contribution is -2.07. The van der Waals surface area contributed by atoms with Gasteiger partial charge >= 0.3 is 6.09 Å². The third-order valence-electron chi connectivity index (χ3n) is 1.63. The summed E-state index contributed by atoms with van der Waals surface area (Å²) in [4.78, 5) is 10.3. The Balaban J connectivity index is 2.88.